The molecule has 0 unspecified atom stereocenters. The van der Waals surface area contributed by atoms with Crippen LogP contribution in [0.2, 0.25) is 0 Å². The Labute approximate surface area is 575 Å². The first kappa shape index (κ1) is 78.4. The van der Waals surface area contributed by atoms with Crippen LogP contribution in [0.1, 0.15) is 159 Å². The number of hydrogen-bond acceptors (Lipinski definition) is 18. The minimum atomic E-state index is -3.55. The number of aromatic nitrogens is 6. The molecule has 6 aromatic heterocycles. The van der Waals surface area contributed by atoms with Crippen LogP contribution in [0.3, 0.4) is 0 Å². The highest BCUT2D eigenvalue weighted by Crippen LogP contribution is 2.41. The smallest absolute Gasteiger partial charge is 0.280 e. The summed E-state index contributed by atoms with van der Waals surface area (Å²) in [5.74, 6) is -4.10. The molecular weight excluding hydrogens is 1390 g/mol. The van der Waals surface area contributed by atoms with E-state index in [1.165, 1.54) is 42.5 Å². The Bertz CT molecular complexity index is 4190. The lowest BCUT2D eigenvalue weighted by Gasteiger charge is -2.20. The number of carbonyl (C=O) groups excluding carboxylic acids is 6. The lowest BCUT2D eigenvalue weighted by atomic mass is 9.97. The lowest BCUT2D eigenvalue weighted by molar-refractivity contribution is -0.124. The number of aromatic amines is 1. The highest BCUT2D eigenvalue weighted by Gasteiger charge is 2.45. The minimum absolute atomic E-state index is 0.0251. The summed E-state index contributed by atoms with van der Waals surface area (Å²) in [6, 6.07) is 9.01. The summed E-state index contributed by atoms with van der Waals surface area (Å²) >= 11 is 0. The number of Topliss-reactive ketones (excluding diaryl/α,β-unsaturated/α-hetero) is 2. The molecule has 6 N–H and O–H groups in total. The van der Waals surface area contributed by atoms with E-state index in [1.807, 2.05) is 23.7 Å². The number of alkyl halides is 8. The number of ketones is 2. The Kier molecular flexibility index (Phi) is 26.5. The van der Waals surface area contributed by atoms with E-state index in [2.05, 4.69) is 49.6 Å². The van der Waals surface area contributed by atoms with Gasteiger partial charge in [-0.1, -0.05) is 39.8 Å². The number of pyridine rings is 4. The Morgan fingerprint density at radius 1 is 0.554 bits per heavy atom. The molecule has 4 saturated heterocycles. The van der Waals surface area contributed by atoms with Crippen molar-refractivity contribution in [2.75, 3.05) is 38.9 Å². The molecule has 10 heterocycles. The van der Waals surface area contributed by atoms with Crippen LogP contribution in [0.4, 0.5) is 35.1 Å². The molecular formula is C66H80F8N10O15S2. The number of rotatable bonds is 24. The van der Waals surface area contributed by atoms with Crippen LogP contribution in [-0.2, 0) is 60.6 Å². The number of aliphatic hydroxyl groups is 1. The van der Waals surface area contributed by atoms with E-state index in [0.29, 0.717) is 65.7 Å². The van der Waals surface area contributed by atoms with Crippen LogP contribution in [0.25, 0.3) is 11.3 Å². The average Bonchev–Trinajstić information content (AvgIpc) is 1.66. The van der Waals surface area contributed by atoms with E-state index >= 15 is 0 Å². The first-order valence-electron chi connectivity index (χ1n) is 32.8. The van der Waals surface area contributed by atoms with Gasteiger partial charge in [-0.05, 0) is 75.6 Å². The molecule has 2 saturated carbocycles. The molecule has 0 spiro atoms. The Balaban J connectivity index is 0.000000172. The van der Waals surface area contributed by atoms with Crippen molar-refractivity contribution in [3.8, 4) is 5.75 Å². The van der Waals surface area contributed by atoms with E-state index in [-0.39, 0.29) is 68.0 Å². The van der Waals surface area contributed by atoms with Crippen molar-refractivity contribution < 1.29 is 98.9 Å². The molecule has 4 amide bonds. The minimum Gasteiger partial charge on any atom is -0.491 e. The Morgan fingerprint density at radius 2 is 0.970 bits per heavy atom. The molecule has 0 bridgehead atoms. The fourth-order valence-electron chi connectivity index (χ4n) is 12.1. The van der Waals surface area contributed by atoms with Gasteiger partial charge in [-0.3, -0.25) is 41.9 Å². The van der Waals surface area contributed by atoms with Gasteiger partial charge in [0.2, 0.25) is 0 Å². The molecule has 552 valence electrons. The summed E-state index contributed by atoms with van der Waals surface area (Å²) in [7, 11) is -7.10. The van der Waals surface area contributed by atoms with Gasteiger partial charge in [0, 0.05) is 102 Å². The average molecular weight is 1470 g/mol. The summed E-state index contributed by atoms with van der Waals surface area (Å²) in [5.41, 5.74) is 2.89. The molecule has 6 aliphatic rings. The van der Waals surface area contributed by atoms with E-state index < -0.39 is 140 Å². The number of hydrogen-bond donors (Lipinski definition) is 6. The van der Waals surface area contributed by atoms with Crippen molar-refractivity contribution in [3.63, 3.8) is 0 Å². The Hall–Kier alpha value is -8.28. The second-order valence-corrected chi connectivity index (χ2v) is 28.6. The van der Waals surface area contributed by atoms with Crippen molar-refractivity contribution in [1.82, 2.24) is 50.0 Å². The number of ether oxygens (including phenoxy) is 1. The highest BCUT2D eigenvalue weighted by atomic mass is 32.2. The number of imidazole rings is 2. The van der Waals surface area contributed by atoms with Gasteiger partial charge in [0.15, 0.2) is 41.7 Å². The first-order chi connectivity index (χ1) is 47.7. The van der Waals surface area contributed by atoms with Gasteiger partial charge in [-0.25, -0.2) is 50.1 Å². The highest BCUT2D eigenvalue weighted by molar-refractivity contribution is 7.86. The zero-order valence-corrected chi connectivity index (χ0v) is 57.4. The van der Waals surface area contributed by atoms with Gasteiger partial charge in [-0.2, -0.15) is 16.8 Å². The molecule has 25 nitrogen and oxygen atoms in total. The molecule has 0 aromatic carbocycles. The van der Waals surface area contributed by atoms with Crippen LogP contribution in [0.5, 0.6) is 5.75 Å². The van der Waals surface area contributed by atoms with Crippen LogP contribution in [0.15, 0.2) is 78.1 Å². The molecule has 4 aliphatic heterocycles. The maximum Gasteiger partial charge on any atom is 0.280 e. The van der Waals surface area contributed by atoms with E-state index in [4.69, 9.17) is 9.84 Å². The predicted molar refractivity (Wildman–Crippen MR) is 348 cm³/mol. The largest absolute Gasteiger partial charge is 0.491 e. The number of halogens is 8. The van der Waals surface area contributed by atoms with Crippen LogP contribution < -0.4 is 31.4 Å². The lowest BCUT2D eigenvalue weighted by Crippen LogP contribution is -2.35. The SMILES string of the molecule is CC[C@@H]1[C@H](F)C(=O)N[C@@H]1CO.CC[C@@H]1[C@H](F)C(=O)N[C@@H]1COS(C)(=O)=O.CC[C@@H]1[C@H](F)C(=O)N[C@@H]1COS(C)(=O)=O.CC[C@@H]1[C@H](F)C(=O)N[C@@H]1COc1cc2nc(C3CC3)cn2cc1CC(=O)c1cccc(C(F)F)n1.O=C(Cc1cn2cc(C3CC3)[nH]c2cc1=O)c1cccc(C(F)F)n1. The molecule has 35 heteroatoms. The maximum atomic E-state index is 14.2. The van der Waals surface area contributed by atoms with Gasteiger partial charge in [0.05, 0.1) is 62.2 Å². The van der Waals surface area contributed by atoms with Crippen molar-refractivity contribution in [1.29, 1.82) is 0 Å². The van der Waals surface area contributed by atoms with E-state index in [9.17, 15) is 85.5 Å². The van der Waals surface area contributed by atoms with E-state index in [1.54, 1.807) is 43.6 Å². The van der Waals surface area contributed by atoms with Gasteiger partial charge < -0.3 is 44.9 Å². The standard InChI is InChI=1S/C25H25F3N4O3.C18H15F2N3O2.2C8H14FNO4S.C7H12FNO2/c1-2-15-19(31-25(34)23(15)26)12-35-21-9-22-30-18(13-6-7-13)11-32(22)10-14(21)8-20(33)16-4-3-5-17(29-16)24(27)28;19-18(20)13-3-1-2-12(21-13)16(25)6-11-8-23-9-14(10-4-5-10)22-17(23)7-15(11)24;2*1-3-5-6(4-14-15(2,12)13)10-8(11)7(5)9;1-2-4-5(3-10)9-7(11)6(4)8/h3-5,9-11,13,15,19,23-24H,2,6-8,12H2,1H3,(H,31,34);1-3,7-10,18,22H,4-6H2;2*5-7H,3-4H2,1-2H3,(H,10,11);4-6,10H,2-3H2,1H3,(H,9,11)/t15-,19+,23-;;2*5-,6+,7-;4-,5+,6-/m0.000/s1. The molecule has 6 aromatic rings. The number of nitrogens with zero attached hydrogens (tertiary/aromatic N) is 5. The third-order valence-corrected chi connectivity index (χ3v) is 19.1. The first-order valence-corrected chi connectivity index (χ1v) is 36.4. The summed E-state index contributed by atoms with van der Waals surface area (Å²) in [6.45, 7) is 6.54. The van der Waals surface area contributed by atoms with Crippen LogP contribution in [0, 0.1) is 23.7 Å². The monoisotopic (exact) mass is 1470 g/mol. The number of aliphatic hydroxyl groups excluding tert-OH is 1. The summed E-state index contributed by atoms with van der Waals surface area (Å²) in [5, 5.41) is 18.5. The van der Waals surface area contributed by atoms with Crippen LogP contribution in [-0.4, -0.2) is 174 Å². The van der Waals surface area contributed by atoms with Crippen LogP contribution >= 0.6 is 0 Å². The van der Waals surface area contributed by atoms with E-state index in [0.717, 1.165) is 49.6 Å². The normalized spacial score (nSPS) is 24.7. The van der Waals surface area contributed by atoms with Crippen molar-refractivity contribution in [3.05, 3.63) is 129 Å². The summed E-state index contributed by atoms with van der Waals surface area (Å²) in [6.07, 6.45) is 3.42. The van der Waals surface area contributed by atoms with Gasteiger partial charge >= 0.3 is 0 Å². The Morgan fingerprint density at radius 3 is 1.38 bits per heavy atom. The number of nitrogens with one attached hydrogen (secondary N) is 5. The zero-order chi connectivity index (χ0) is 73.9. The predicted octanol–water partition coefficient (Wildman–Crippen LogP) is 6.97. The zero-order valence-electron chi connectivity index (χ0n) is 55.8. The van der Waals surface area contributed by atoms with Crippen molar-refractivity contribution >= 4 is 66.7 Å². The number of fused-ring (bicyclic) bond motifs is 2. The third-order valence-electron chi connectivity index (χ3n) is 17.9. The fourth-order valence-corrected chi connectivity index (χ4v) is 12.8. The second-order valence-electron chi connectivity index (χ2n) is 25.3. The molecule has 12 rings (SSSR count). The van der Waals surface area contributed by atoms with Crippen molar-refractivity contribution in [2.45, 2.75) is 165 Å². The number of amides is 4. The summed E-state index contributed by atoms with van der Waals surface area (Å²) in [4.78, 5) is 97.4. The molecule has 12 atom stereocenters. The molecule has 101 heavy (non-hydrogen) atoms. The van der Waals surface area contributed by atoms with Gasteiger partial charge in [0.25, 0.3) is 56.7 Å². The number of H-pyrrole nitrogens is 1. The summed E-state index contributed by atoms with van der Waals surface area (Å²) < 4.78 is 167. The van der Waals surface area contributed by atoms with Gasteiger partial charge in [-0.15, -0.1) is 0 Å². The van der Waals surface area contributed by atoms with Gasteiger partial charge in [0.1, 0.15) is 46.4 Å². The number of carbonyl (C=O) groups is 6. The van der Waals surface area contributed by atoms with Crippen molar-refractivity contribution in [2.24, 2.45) is 23.7 Å². The molecule has 6 fully saturated rings. The quantitative estimate of drug-likeness (QED) is 0.0202. The second kappa shape index (κ2) is 34.1. The molecule has 2 aliphatic carbocycles. The molecule has 0 radical (unpaired) electrons. The fraction of sp³-hybridized carbons (Fsp3) is 0.545. The third kappa shape index (κ3) is 20.7. The maximum absolute atomic E-state index is 14.2. The topological polar surface area (TPSA) is 347 Å².